The van der Waals surface area contributed by atoms with Gasteiger partial charge in [0.05, 0.1) is 11.3 Å². The summed E-state index contributed by atoms with van der Waals surface area (Å²) in [5.74, 6) is -0.0829. The summed E-state index contributed by atoms with van der Waals surface area (Å²) in [5, 5.41) is -0.542. The molecule has 0 aliphatic heterocycles. The van der Waals surface area contributed by atoms with Gasteiger partial charge in [-0.2, -0.15) is 0 Å². The predicted molar refractivity (Wildman–Crippen MR) is 98.0 cm³/mol. The van der Waals surface area contributed by atoms with E-state index >= 15 is 0 Å². The van der Waals surface area contributed by atoms with Crippen molar-refractivity contribution in [3.05, 3.63) is 12.2 Å². The average molecular weight is 351 g/mol. The summed E-state index contributed by atoms with van der Waals surface area (Å²) in [5.41, 5.74) is 0.664. The van der Waals surface area contributed by atoms with Gasteiger partial charge >= 0.3 is 0 Å². The van der Waals surface area contributed by atoms with Gasteiger partial charge in [-0.3, -0.25) is 9.59 Å². The number of allylic oxidation sites excluding steroid dienone is 1. The molecular formula is C21H31ClO2. The third-order valence-electron chi connectivity index (χ3n) is 7.58. The van der Waals surface area contributed by atoms with Crippen molar-refractivity contribution >= 4 is 23.2 Å². The van der Waals surface area contributed by atoms with Crippen LogP contribution >= 0.6 is 11.6 Å². The van der Waals surface area contributed by atoms with Crippen molar-refractivity contribution in [3.63, 3.8) is 0 Å². The Labute approximate surface area is 151 Å². The minimum Gasteiger partial charge on any atom is -0.297 e. The second-order valence-electron chi connectivity index (χ2n) is 9.30. The molecule has 134 valence electrons. The highest BCUT2D eigenvalue weighted by atomic mass is 35.5. The fraction of sp³-hybridized carbons (Fsp3) is 0.810. The lowest BCUT2D eigenvalue weighted by Crippen LogP contribution is -2.61. The summed E-state index contributed by atoms with van der Waals surface area (Å²) in [6, 6.07) is 0. The average Bonchev–Trinajstić information content (AvgIpc) is 2.64. The predicted octanol–water partition coefficient (Wildman–Crippen LogP) is 5.19. The third kappa shape index (κ3) is 2.43. The maximum absolute atomic E-state index is 13.1. The van der Waals surface area contributed by atoms with Crippen molar-refractivity contribution in [1.82, 2.24) is 0 Å². The van der Waals surface area contributed by atoms with Gasteiger partial charge in [-0.05, 0) is 59.8 Å². The molecule has 5 unspecified atom stereocenters. The molecule has 3 aliphatic carbocycles. The van der Waals surface area contributed by atoms with E-state index in [9.17, 15) is 9.59 Å². The van der Waals surface area contributed by atoms with Crippen LogP contribution in [0.5, 0.6) is 0 Å². The summed E-state index contributed by atoms with van der Waals surface area (Å²) in [6.07, 6.45) is 6.39. The highest BCUT2D eigenvalue weighted by Crippen LogP contribution is 2.63. The lowest BCUT2D eigenvalue weighted by atomic mass is 9.46. The smallest absolute Gasteiger partial charge is 0.169 e. The van der Waals surface area contributed by atoms with Crippen molar-refractivity contribution in [1.29, 1.82) is 0 Å². The molecule has 0 aromatic carbocycles. The van der Waals surface area contributed by atoms with E-state index in [0.29, 0.717) is 5.57 Å². The number of rotatable bonds is 1. The fourth-order valence-corrected chi connectivity index (χ4v) is 7.10. The van der Waals surface area contributed by atoms with Crippen LogP contribution in [0.1, 0.15) is 66.2 Å². The lowest BCUT2D eigenvalue weighted by molar-refractivity contribution is -0.152. The second-order valence-corrected chi connectivity index (χ2v) is 9.77. The summed E-state index contributed by atoms with van der Waals surface area (Å²) in [4.78, 5) is 26.1. The maximum atomic E-state index is 13.1. The highest BCUT2D eigenvalue weighted by molar-refractivity contribution is 6.34. The van der Waals surface area contributed by atoms with Gasteiger partial charge in [-0.25, -0.2) is 0 Å². The first-order chi connectivity index (χ1) is 11.1. The van der Waals surface area contributed by atoms with E-state index < -0.39 is 11.3 Å². The number of fused-ring (bicyclic) bond motifs is 3. The van der Waals surface area contributed by atoms with E-state index in [1.807, 2.05) is 0 Å². The quantitative estimate of drug-likeness (QED) is 0.370. The lowest BCUT2D eigenvalue weighted by Gasteiger charge is -2.58. The van der Waals surface area contributed by atoms with Crippen LogP contribution in [0.4, 0.5) is 0 Å². The number of carbonyl (C=O) groups excluding carboxylic acids is 2. The summed E-state index contributed by atoms with van der Waals surface area (Å²) < 4.78 is 0. The van der Waals surface area contributed by atoms with Gasteiger partial charge in [-0.1, -0.05) is 47.1 Å². The van der Waals surface area contributed by atoms with Gasteiger partial charge in [0.15, 0.2) is 11.6 Å². The van der Waals surface area contributed by atoms with Crippen LogP contribution in [0.3, 0.4) is 0 Å². The Kier molecular flexibility index (Phi) is 4.52. The van der Waals surface area contributed by atoms with Crippen molar-refractivity contribution in [2.75, 3.05) is 0 Å². The van der Waals surface area contributed by atoms with Gasteiger partial charge in [0.25, 0.3) is 0 Å². The molecule has 3 fully saturated rings. The van der Waals surface area contributed by atoms with Crippen LogP contribution in [-0.4, -0.2) is 16.9 Å². The number of hydrogen-bond donors (Lipinski definition) is 0. The SMILES string of the molecule is C=C1C(=O)C2C(=O)C(Cl)C3C(C)(C)CCCCC3(C)C2C[C@@H]1CC. The van der Waals surface area contributed by atoms with Gasteiger partial charge in [-0.15, -0.1) is 11.6 Å². The molecule has 3 heteroatoms. The molecule has 3 saturated carbocycles. The highest BCUT2D eigenvalue weighted by Gasteiger charge is 2.63. The van der Waals surface area contributed by atoms with Gasteiger partial charge < -0.3 is 0 Å². The Morgan fingerprint density at radius 2 is 1.79 bits per heavy atom. The molecule has 2 nitrogen and oxygen atoms in total. The van der Waals surface area contributed by atoms with Gasteiger partial charge in [0, 0.05) is 0 Å². The first kappa shape index (κ1) is 18.2. The second kappa shape index (κ2) is 5.97. The van der Waals surface area contributed by atoms with E-state index in [0.717, 1.165) is 25.7 Å². The Morgan fingerprint density at radius 1 is 1.17 bits per heavy atom. The van der Waals surface area contributed by atoms with Crippen molar-refractivity contribution in [2.45, 2.75) is 71.6 Å². The number of carbonyl (C=O) groups is 2. The van der Waals surface area contributed by atoms with Crippen LogP contribution in [0.2, 0.25) is 0 Å². The van der Waals surface area contributed by atoms with Crippen molar-refractivity contribution in [2.24, 2.45) is 34.5 Å². The fourth-order valence-electron chi connectivity index (χ4n) is 6.33. The normalized spacial score (nSPS) is 45.4. The molecule has 0 amide bonds. The molecular weight excluding hydrogens is 320 g/mol. The summed E-state index contributed by atoms with van der Waals surface area (Å²) >= 11 is 6.76. The molecule has 6 atom stereocenters. The maximum Gasteiger partial charge on any atom is 0.169 e. The van der Waals surface area contributed by atoms with E-state index in [-0.39, 0.29) is 40.2 Å². The third-order valence-corrected chi connectivity index (χ3v) is 8.05. The Bertz CT molecular complexity index is 578. The molecule has 0 saturated heterocycles. The first-order valence-electron chi connectivity index (χ1n) is 9.56. The van der Waals surface area contributed by atoms with Crippen LogP contribution < -0.4 is 0 Å². The molecule has 0 N–H and O–H groups in total. The summed E-state index contributed by atoms with van der Waals surface area (Å²) in [6.45, 7) is 13.0. The molecule has 3 aliphatic rings. The number of alkyl halides is 1. The van der Waals surface area contributed by atoms with E-state index in [1.165, 1.54) is 12.8 Å². The molecule has 0 spiro atoms. The van der Waals surface area contributed by atoms with Gasteiger partial charge in [0.2, 0.25) is 0 Å². The van der Waals surface area contributed by atoms with Crippen LogP contribution in [0.25, 0.3) is 0 Å². The van der Waals surface area contributed by atoms with E-state index in [2.05, 4.69) is 34.3 Å². The van der Waals surface area contributed by atoms with Crippen molar-refractivity contribution < 1.29 is 9.59 Å². The number of Topliss-reactive ketones (excluding diaryl/α,β-unsaturated/α-hetero) is 2. The largest absolute Gasteiger partial charge is 0.297 e. The van der Waals surface area contributed by atoms with Gasteiger partial charge in [0.1, 0.15) is 0 Å². The molecule has 0 bridgehead atoms. The minimum atomic E-state index is -0.544. The molecule has 3 rings (SSSR count). The molecule has 0 aromatic rings. The van der Waals surface area contributed by atoms with E-state index in [1.54, 1.807) is 0 Å². The summed E-state index contributed by atoms with van der Waals surface area (Å²) in [7, 11) is 0. The topological polar surface area (TPSA) is 34.1 Å². The van der Waals surface area contributed by atoms with Crippen LogP contribution in [-0.2, 0) is 9.59 Å². The zero-order chi connectivity index (χ0) is 17.9. The minimum absolute atomic E-state index is 0.0181. The number of hydrogen-bond acceptors (Lipinski definition) is 2. The number of ketones is 2. The Hall–Kier alpha value is -0.630. The Balaban J connectivity index is 2.12. The first-order valence-corrected chi connectivity index (χ1v) is 9.99. The number of halogens is 1. The molecule has 0 heterocycles. The zero-order valence-electron chi connectivity index (χ0n) is 15.5. The molecule has 0 aromatic heterocycles. The molecule has 24 heavy (non-hydrogen) atoms. The molecule has 0 radical (unpaired) electrons. The van der Waals surface area contributed by atoms with Crippen LogP contribution in [0, 0.1) is 34.5 Å². The van der Waals surface area contributed by atoms with Crippen LogP contribution in [0.15, 0.2) is 12.2 Å². The van der Waals surface area contributed by atoms with Crippen molar-refractivity contribution in [3.8, 4) is 0 Å². The Morgan fingerprint density at radius 3 is 2.42 bits per heavy atom. The standard InChI is InChI=1S/C21H31ClO2/c1-6-13-11-14-15(17(23)12(13)2)18(24)16(22)19-20(3,4)9-7-8-10-21(14,19)5/h13-16,19H,2,6-11H2,1,3-5H3/t13-,14?,15?,16?,19?,21?/m0/s1. The van der Waals surface area contributed by atoms with E-state index in [4.69, 9.17) is 11.6 Å². The zero-order valence-corrected chi connectivity index (χ0v) is 16.3. The monoisotopic (exact) mass is 350 g/mol.